The number of benzene rings is 10. The highest BCUT2D eigenvalue weighted by atomic mass is 16.5. The molecule has 0 heterocycles. The Morgan fingerprint density at radius 1 is 0.205 bits per heavy atom. The third-order valence-electron chi connectivity index (χ3n) is 13.1. The fourth-order valence-electron chi connectivity index (χ4n) is 10.4. The smallest absolute Gasteiger partial charge is 0.128 e. The molecular formula is C70H62O3. The highest BCUT2D eigenvalue weighted by Crippen LogP contribution is 2.38. The first-order valence-corrected chi connectivity index (χ1v) is 25.3. The Balaban J connectivity index is 1.07. The molecular weight excluding hydrogens is 889 g/mol. The molecule has 0 aliphatic carbocycles. The highest BCUT2D eigenvalue weighted by molar-refractivity contribution is 5.78. The zero-order valence-corrected chi connectivity index (χ0v) is 43.3. The maximum atomic E-state index is 6.53. The van der Waals surface area contributed by atoms with Crippen molar-refractivity contribution in [3.05, 3.63) is 273 Å². The van der Waals surface area contributed by atoms with Crippen LogP contribution in [0.5, 0.6) is 34.5 Å². The van der Waals surface area contributed by atoms with Crippen LogP contribution in [0.4, 0.5) is 0 Å². The van der Waals surface area contributed by atoms with Crippen molar-refractivity contribution in [2.24, 2.45) is 0 Å². The molecule has 0 radical (unpaired) electrons. The lowest BCUT2D eigenvalue weighted by atomic mass is 9.90. The predicted octanol–water partition coefficient (Wildman–Crippen LogP) is 19.4. The first-order chi connectivity index (χ1) is 35.3. The summed E-state index contributed by atoms with van der Waals surface area (Å²) in [4.78, 5) is 0. The number of aryl methyl sites for hydroxylation is 8. The van der Waals surface area contributed by atoms with E-state index in [0.717, 1.165) is 74.3 Å². The van der Waals surface area contributed by atoms with Crippen molar-refractivity contribution in [1.29, 1.82) is 0 Å². The molecule has 0 unspecified atom stereocenters. The fraction of sp³-hybridized carbons (Fsp3) is 0.143. The van der Waals surface area contributed by atoms with Gasteiger partial charge in [-0.2, -0.15) is 0 Å². The van der Waals surface area contributed by atoms with Crippen LogP contribution < -0.4 is 14.2 Å². The quantitative estimate of drug-likeness (QED) is 0.109. The molecule has 10 aromatic carbocycles. The standard InChI is InChI=1S/C70H62O3/c1-45-21-46(2)26-54(25-45)33-53-13-9-14-57(35-53)61-36-55(37-62(40-61)58-15-10-18-65(42-58)71-68-27-47(3)22-48(4)28-68)34-56-38-63(59-16-11-19-66(43-59)72-69-29-49(5)23-50(6)30-69)41-64(39-56)60-17-12-20-67(44-60)73-70-31-51(7)24-52(8)32-70/h9-32,35-44H,33-34H2,1-8H3. The molecule has 3 heteroatoms. The summed E-state index contributed by atoms with van der Waals surface area (Å²) in [5, 5.41) is 0. The molecule has 0 atom stereocenters. The van der Waals surface area contributed by atoms with Crippen LogP contribution in [0.1, 0.15) is 66.8 Å². The van der Waals surface area contributed by atoms with Crippen LogP contribution in [0.25, 0.3) is 44.5 Å². The lowest BCUT2D eigenvalue weighted by molar-refractivity contribution is 0.482. The SMILES string of the molecule is Cc1cc(C)cc(Cc2cccc(-c3cc(Cc4cc(-c5cccc(Oc6cc(C)cc(C)c6)c5)cc(-c5cccc(Oc6cc(C)cc(C)c6)c5)c4)cc(-c4cccc(Oc5cc(C)cc(C)c5)c4)c3)c2)c1. The summed E-state index contributed by atoms with van der Waals surface area (Å²) in [6, 6.07) is 74.3. The van der Waals surface area contributed by atoms with Crippen molar-refractivity contribution in [3.63, 3.8) is 0 Å². The summed E-state index contributed by atoms with van der Waals surface area (Å²) >= 11 is 0. The Hall–Kier alpha value is -8.40. The van der Waals surface area contributed by atoms with E-state index >= 15 is 0 Å². The van der Waals surface area contributed by atoms with Crippen molar-refractivity contribution >= 4 is 0 Å². The lowest BCUT2D eigenvalue weighted by Crippen LogP contribution is -1.95. The minimum atomic E-state index is 0.695. The van der Waals surface area contributed by atoms with Gasteiger partial charge < -0.3 is 14.2 Å². The van der Waals surface area contributed by atoms with E-state index in [-0.39, 0.29) is 0 Å². The minimum absolute atomic E-state index is 0.695. The van der Waals surface area contributed by atoms with E-state index in [0.29, 0.717) is 6.42 Å². The van der Waals surface area contributed by atoms with Crippen LogP contribution in [-0.2, 0) is 12.8 Å². The largest absolute Gasteiger partial charge is 0.457 e. The summed E-state index contributed by atoms with van der Waals surface area (Å²) in [5.74, 6) is 4.88. The Morgan fingerprint density at radius 3 is 0.808 bits per heavy atom. The third-order valence-corrected chi connectivity index (χ3v) is 13.1. The van der Waals surface area contributed by atoms with Gasteiger partial charge in [-0.1, -0.05) is 132 Å². The molecule has 0 spiro atoms. The van der Waals surface area contributed by atoms with E-state index in [1.807, 2.05) is 18.2 Å². The van der Waals surface area contributed by atoms with Crippen LogP contribution in [0.2, 0.25) is 0 Å². The Morgan fingerprint density at radius 2 is 0.466 bits per heavy atom. The maximum absolute atomic E-state index is 6.53. The van der Waals surface area contributed by atoms with Gasteiger partial charge in [0.25, 0.3) is 0 Å². The van der Waals surface area contributed by atoms with Gasteiger partial charge in [-0.3, -0.25) is 0 Å². The second-order valence-electron chi connectivity index (χ2n) is 20.2. The lowest BCUT2D eigenvalue weighted by Gasteiger charge is -2.16. The summed E-state index contributed by atoms with van der Waals surface area (Å²) in [7, 11) is 0. The molecule has 0 bridgehead atoms. The van der Waals surface area contributed by atoms with E-state index in [1.165, 1.54) is 77.9 Å². The van der Waals surface area contributed by atoms with Crippen molar-refractivity contribution in [1.82, 2.24) is 0 Å². The summed E-state index contributed by atoms with van der Waals surface area (Å²) in [6.45, 7) is 17.0. The van der Waals surface area contributed by atoms with Crippen molar-refractivity contribution in [3.8, 4) is 79.0 Å². The van der Waals surface area contributed by atoms with E-state index in [2.05, 4.69) is 243 Å². The Labute approximate surface area is 432 Å². The topological polar surface area (TPSA) is 27.7 Å². The minimum Gasteiger partial charge on any atom is -0.457 e. The van der Waals surface area contributed by atoms with Crippen molar-refractivity contribution in [2.45, 2.75) is 68.2 Å². The van der Waals surface area contributed by atoms with E-state index < -0.39 is 0 Å². The second kappa shape index (κ2) is 21.1. The van der Waals surface area contributed by atoms with Gasteiger partial charge in [0.05, 0.1) is 0 Å². The Bertz CT molecular complexity index is 3100. The molecule has 0 amide bonds. The first kappa shape index (κ1) is 48.2. The molecule has 0 N–H and O–H groups in total. The van der Waals surface area contributed by atoms with Crippen LogP contribution in [0.3, 0.4) is 0 Å². The molecule has 0 aliphatic rings. The summed E-state index contributed by atoms with van der Waals surface area (Å²) in [5.41, 5.74) is 23.5. The van der Waals surface area contributed by atoms with Gasteiger partial charge in [-0.15, -0.1) is 0 Å². The molecule has 0 saturated heterocycles. The van der Waals surface area contributed by atoms with Gasteiger partial charge in [0.2, 0.25) is 0 Å². The molecule has 10 aromatic rings. The van der Waals surface area contributed by atoms with Gasteiger partial charge in [0, 0.05) is 0 Å². The van der Waals surface area contributed by atoms with Crippen LogP contribution in [-0.4, -0.2) is 0 Å². The third kappa shape index (κ3) is 12.4. The van der Waals surface area contributed by atoms with E-state index in [1.54, 1.807) is 0 Å². The van der Waals surface area contributed by atoms with Gasteiger partial charge in [0.15, 0.2) is 0 Å². The maximum Gasteiger partial charge on any atom is 0.128 e. The van der Waals surface area contributed by atoms with Crippen LogP contribution in [0, 0.1) is 55.4 Å². The zero-order valence-electron chi connectivity index (χ0n) is 43.3. The van der Waals surface area contributed by atoms with E-state index in [4.69, 9.17) is 14.2 Å². The average molecular weight is 951 g/mol. The number of rotatable bonds is 14. The number of ether oxygens (including phenoxy) is 3. The zero-order chi connectivity index (χ0) is 50.6. The summed E-state index contributed by atoms with van der Waals surface area (Å²) in [6.07, 6.45) is 1.56. The predicted molar refractivity (Wildman–Crippen MR) is 304 cm³/mol. The van der Waals surface area contributed by atoms with Crippen LogP contribution >= 0.6 is 0 Å². The van der Waals surface area contributed by atoms with E-state index in [9.17, 15) is 0 Å². The van der Waals surface area contributed by atoms with Gasteiger partial charge in [0.1, 0.15) is 34.5 Å². The number of hydrogen-bond acceptors (Lipinski definition) is 3. The van der Waals surface area contributed by atoms with Gasteiger partial charge in [-0.25, -0.2) is 0 Å². The second-order valence-corrected chi connectivity index (χ2v) is 20.2. The van der Waals surface area contributed by atoms with Crippen LogP contribution in [0.15, 0.2) is 206 Å². The Kier molecular flexibility index (Phi) is 14.0. The monoisotopic (exact) mass is 950 g/mol. The molecule has 10 rings (SSSR count). The molecule has 0 saturated carbocycles. The van der Waals surface area contributed by atoms with Gasteiger partial charge >= 0.3 is 0 Å². The highest BCUT2D eigenvalue weighted by Gasteiger charge is 2.14. The molecule has 0 aromatic heterocycles. The molecule has 73 heavy (non-hydrogen) atoms. The average Bonchev–Trinajstić information content (AvgIpc) is 3.33. The molecule has 3 nitrogen and oxygen atoms in total. The molecule has 360 valence electrons. The van der Waals surface area contributed by atoms with Crippen molar-refractivity contribution < 1.29 is 14.2 Å². The molecule has 0 aliphatic heterocycles. The fourth-order valence-corrected chi connectivity index (χ4v) is 10.4. The summed E-state index contributed by atoms with van der Waals surface area (Å²) < 4.78 is 19.6. The first-order valence-electron chi connectivity index (χ1n) is 25.3. The molecule has 0 fully saturated rings. The van der Waals surface area contributed by atoms with Crippen molar-refractivity contribution in [2.75, 3.05) is 0 Å². The normalized spacial score (nSPS) is 11.1. The number of hydrogen-bond donors (Lipinski definition) is 0. The van der Waals surface area contributed by atoms with Gasteiger partial charge in [-0.05, 0) is 253 Å².